The molecule has 60 heavy (non-hydrogen) atoms. The van der Waals surface area contributed by atoms with E-state index < -0.39 is 11.8 Å². The number of nitrogens with two attached hydrogens (primary N) is 1. The van der Waals surface area contributed by atoms with E-state index in [1.54, 1.807) is 83.3 Å². The third-order valence-corrected chi connectivity index (χ3v) is 10.9. The Morgan fingerprint density at radius 1 is 0.950 bits per heavy atom. The second kappa shape index (κ2) is 16.1. The quantitative estimate of drug-likeness (QED) is 0.0662. The maximum Gasteiger partial charge on any atom is 0.279 e. The number of nitrogens with zero attached hydrogens (tertiary/aromatic N) is 6. The molecule has 5 N–H and O–H groups in total. The van der Waals surface area contributed by atoms with Crippen molar-refractivity contribution in [2.45, 2.75) is 25.3 Å². The number of ether oxygens (including phenoxy) is 2. The van der Waals surface area contributed by atoms with E-state index in [0.717, 1.165) is 22.3 Å². The Balaban J connectivity index is 0.821. The predicted octanol–water partition coefficient (Wildman–Crippen LogP) is 5.84. The maximum atomic E-state index is 13.4. The lowest BCUT2D eigenvalue weighted by Crippen LogP contribution is -2.35. The number of nitrogen functional groups attached to an aromatic ring is 1. The van der Waals surface area contributed by atoms with Crippen LogP contribution in [0, 0.1) is 0 Å². The predicted molar refractivity (Wildman–Crippen MR) is 228 cm³/mol. The van der Waals surface area contributed by atoms with Gasteiger partial charge in [0.15, 0.2) is 16.6 Å². The van der Waals surface area contributed by atoms with Gasteiger partial charge in [-0.05, 0) is 49.2 Å². The fourth-order valence-corrected chi connectivity index (χ4v) is 7.88. The summed E-state index contributed by atoms with van der Waals surface area (Å²) in [4.78, 5) is 76.4. The van der Waals surface area contributed by atoms with Crippen molar-refractivity contribution in [2.75, 3.05) is 41.9 Å². The highest BCUT2D eigenvalue weighted by Gasteiger charge is 2.34. The summed E-state index contributed by atoms with van der Waals surface area (Å²) in [5, 5.41) is 10.9. The van der Waals surface area contributed by atoms with Crippen LogP contribution in [0.5, 0.6) is 11.5 Å². The van der Waals surface area contributed by atoms with Gasteiger partial charge in [0.2, 0.25) is 5.91 Å². The number of methoxy groups -OCH3 is 1. The fraction of sp³-hybridized carbons (Fsp3) is 0.214. The van der Waals surface area contributed by atoms with Crippen molar-refractivity contribution >= 4 is 85.9 Å². The number of fused-ring (bicyclic) bond motifs is 3. The van der Waals surface area contributed by atoms with Crippen LogP contribution in [0.2, 0.25) is 0 Å². The van der Waals surface area contributed by atoms with E-state index in [1.165, 1.54) is 23.1 Å². The van der Waals surface area contributed by atoms with E-state index >= 15 is 0 Å². The van der Waals surface area contributed by atoms with Gasteiger partial charge in [-0.25, -0.2) is 4.98 Å². The zero-order valence-electron chi connectivity index (χ0n) is 32.9. The minimum Gasteiger partial charge on any atom is -0.493 e. The van der Waals surface area contributed by atoms with Crippen LogP contribution in [0.1, 0.15) is 61.1 Å². The average molecular weight is 829 g/mol. The molecule has 0 spiro atoms. The van der Waals surface area contributed by atoms with Gasteiger partial charge in [0.1, 0.15) is 17.1 Å². The molecule has 6 heterocycles. The number of rotatable bonds is 12. The van der Waals surface area contributed by atoms with Crippen molar-refractivity contribution in [3.8, 4) is 11.5 Å². The third kappa shape index (κ3) is 7.87. The fourth-order valence-electron chi connectivity index (χ4n) is 7.18. The van der Waals surface area contributed by atoms with Crippen LogP contribution in [0.15, 0.2) is 89.6 Å². The van der Waals surface area contributed by atoms with Gasteiger partial charge in [0.25, 0.3) is 23.6 Å². The molecule has 1 atom stereocenters. The Bertz CT molecular complexity index is 2770. The zero-order valence-corrected chi connectivity index (χ0v) is 33.7. The van der Waals surface area contributed by atoms with E-state index in [-0.39, 0.29) is 53.3 Å². The topological polar surface area (TPSA) is 209 Å². The van der Waals surface area contributed by atoms with Gasteiger partial charge in [-0.1, -0.05) is 18.2 Å². The van der Waals surface area contributed by atoms with Gasteiger partial charge >= 0.3 is 0 Å². The summed E-state index contributed by atoms with van der Waals surface area (Å²) in [6, 6.07) is 13.4. The summed E-state index contributed by atoms with van der Waals surface area (Å²) in [7, 11) is 4.86. The van der Waals surface area contributed by atoms with Crippen LogP contribution in [0.25, 0.3) is 10.9 Å². The molecule has 0 unspecified atom stereocenters. The number of aromatic nitrogens is 4. The van der Waals surface area contributed by atoms with Crippen molar-refractivity contribution in [2.24, 2.45) is 19.1 Å². The Hall–Kier alpha value is -7.47. The Labute approximate surface area is 347 Å². The summed E-state index contributed by atoms with van der Waals surface area (Å²) in [5.41, 5.74) is 10.5. The number of hydrogen-bond acceptors (Lipinski definition) is 11. The summed E-state index contributed by atoms with van der Waals surface area (Å²) in [6.07, 6.45) is 7.81. The van der Waals surface area contributed by atoms with Crippen molar-refractivity contribution in [1.82, 2.24) is 23.6 Å². The molecule has 2 aromatic carbocycles. The van der Waals surface area contributed by atoms with Gasteiger partial charge in [-0.15, -0.1) is 11.3 Å². The summed E-state index contributed by atoms with van der Waals surface area (Å²) < 4.78 is 16.1. The van der Waals surface area contributed by atoms with Crippen LogP contribution in [0.3, 0.4) is 0 Å². The Morgan fingerprint density at radius 2 is 1.70 bits per heavy atom. The highest BCUT2D eigenvalue weighted by molar-refractivity contribution is 7.14. The first-order valence-corrected chi connectivity index (χ1v) is 19.7. The van der Waals surface area contributed by atoms with Crippen LogP contribution in [-0.2, 0) is 18.9 Å². The van der Waals surface area contributed by atoms with Crippen LogP contribution in [-0.4, -0.2) is 85.6 Å². The smallest absolute Gasteiger partial charge is 0.279 e. The molecule has 1 saturated heterocycles. The molecule has 0 bridgehead atoms. The molecule has 2 aliphatic heterocycles. The number of aryl methyl sites for hydroxylation is 2. The van der Waals surface area contributed by atoms with E-state index in [2.05, 4.69) is 32.5 Å². The lowest BCUT2D eigenvalue weighted by molar-refractivity contribution is -0.116. The highest BCUT2D eigenvalue weighted by atomic mass is 32.1. The van der Waals surface area contributed by atoms with E-state index in [4.69, 9.17) is 15.2 Å². The maximum absolute atomic E-state index is 13.4. The minimum atomic E-state index is -0.533. The normalized spacial score (nSPS) is 14.4. The van der Waals surface area contributed by atoms with Crippen molar-refractivity contribution in [3.63, 3.8) is 0 Å². The summed E-state index contributed by atoms with van der Waals surface area (Å²) in [5.74, 6) is -0.955. The molecule has 17 nitrogen and oxygen atoms in total. The van der Waals surface area contributed by atoms with Crippen molar-refractivity contribution in [1.29, 1.82) is 0 Å². The van der Waals surface area contributed by atoms with Crippen LogP contribution in [0.4, 0.5) is 27.9 Å². The minimum absolute atomic E-state index is 0.0786. The van der Waals surface area contributed by atoms with Crippen molar-refractivity contribution in [3.05, 3.63) is 107 Å². The monoisotopic (exact) mass is 828 g/mol. The Morgan fingerprint density at radius 3 is 2.48 bits per heavy atom. The third-order valence-electron chi connectivity index (χ3n) is 10.2. The van der Waals surface area contributed by atoms with Crippen LogP contribution < -0.4 is 31.2 Å². The van der Waals surface area contributed by atoms with E-state index in [0.29, 0.717) is 70.4 Å². The van der Waals surface area contributed by atoms with Gasteiger partial charge in [0, 0.05) is 74.4 Å². The summed E-state index contributed by atoms with van der Waals surface area (Å²) >= 11 is 1.10. The van der Waals surface area contributed by atoms with E-state index in [1.807, 2.05) is 12.1 Å². The molecule has 1 fully saturated rings. The zero-order chi connectivity index (χ0) is 42.2. The molecule has 0 radical (unpaired) electrons. The first-order valence-electron chi connectivity index (χ1n) is 18.8. The standard InChI is InChI=1S/C42H40N10O7S/c1-23-12-28-18-44-30-17-36(35(58-4)16-29(30)40(56)52(28)19-23)59-11-5-6-37(53)48-42-47-31(22-60-42)38(54)45-26-14-33(49(2)20-26)39(55)46-27-15-34(50(3)21-27)41(57)51-10-9-24-7-8-25(43)13-32(24)51/h7-10,13-18,20-22,28H,1,5-6,11-12,19,43H2,2-4H3,(H,45,54)(H,46,55)(H,47,48,53)/t28-/m0/s1. The molecule has 0 aliphatic carbocycles. The molecule has 4 aromatic heterocycles. The lowest BCUT2D eigenvalue weighted by Gasteiger charge is -2.20. The molecule has 0 saturated carbocycles. The largest absolute Gasteiger partial charge is 0.493 e. The van der Waals surface area contributed by atoms with Crippen molar-refractivity contribution < 1.29 is 33.4 Å². The number of benzene rings is 2. The second-order valence-corrected chi connectivity index (χ2v) is 15.3. The molecule has 4 amide bonds. The van der Waals surface area contributed by atoms with Gasteiger partial charge in [-0.3, -0.25) is 33.5 Å². The SMILES string of the molecule is C=C1C[C@H]2C=Nc3cc(OCCCC(=O)Nc4nc(C(=O)Nc5cc(C(=O)Nc6cc(C(=O)n7ccc8ccc(N)cc87)n(C)c6)n(C)c5)cs4)c(OC)cc3C(=O)N2C1. The molecule has 2 aliphatic rings. The number of amides is 4. The number of carbonyl (C=O) groups excluding carboxylic acids is 5. The lowest BCUT2D eigenvalue weighted by atomic mass is 10.1. The first-order chi connectivity index (χ1) is 28.8. The highest BCUT2D eigenvalue weighted by Crippen LogP contribution is 2.38. The molecule has 8 rings (SSSR count). The van der Waals surface area contributed by atoms with Gasteiger partial charge in [0.05, 0.1) is 47.9 Å². The number of nitrogens with one attached hydrogen (secondary N) is 3. The van der Waals surface area contributed by atoms with E-state index in [9.17, 15) is 24.0 Å². The first kappa shape index (κ1) is 39.4. The molecule has 6 aromatic rings. The molecule has 306 valence electrons. The summed E-state index contributed by atoms with van der Waals surface area (Å²) in [6.45, 7) is 4.68. The number of aliphatic imine (C=N–C) groups is 1. The number of hydrogen-bond donors (Lipinski definition) is 4. The van der Waals surface area contributed by atoms with Crippen LogP contribution >= 0.6 is 11.3 Å². The molecular formula is C42H40N10O7S. The second-order valence-electron chi connectivity index (χ2n) is 14.5. The number of carbonyl (C=O) groups is 5. The Kier molecular flexibility index (Phi) is 10.5. The molecule has 18 heteroatoms. The average Bonchev–Trinajstić information content (AvgIpc) is 4.06. The number of anilines is 4. The van der Waals surface area contributed by atoms with Gasteiger partial charge in [-0.2, -0.15) is 0 Å². The van der Waals surface area contributed by atoms with Gasteiger partial charge < -0.3 is 45.2 Å². The molecular weight excluding hydrogens is 789 g/mol. The number of thiazole rings is 1.